The van der Waals surface area contributed by atoms with E-state index in [1.54, 1.807) is 31.2 Å². The van der Waals surface area contributed by atoms with E-state index in [1.807, 2.05) is 6.07 Å². The lowest BCUT2D eigenvalue weighted by Gasteiger charge is -2.33. The van der Waals surface area contributed by atoms with E-state index in [1.165, 1.54) is 6.92 Å². The molecule has 7 nitrogen and oxygen atoms in total. The Morgan fingerprint density at radius 2 is 1.96 bits per heavy atom. The summed E-state index contributed by atoms with van der Waals surface area (Å²) in [6, 6.07) is 7.98. The fourth-order valence-electron chi connectivity index (χ4n) is 2.60. The molecule has 0 radical (unpaired) electrons. The standard InChI is InChI=1S/C16H19N3O4/c1-3-23-16(22)12-11(10-7-5-4-6-8-10)13(18-9(2)20)15(21)19-14(12)17/h4-8,11,13H,3,17H2,1-2H3,(H,18,20)(H,19,21). The molecule has 2 rings (SSSR count). The maximum absolute atomic E-state index is 12.3. The Morgan fingerprint density at radius 3 is 2.52 bits per heavy atom. The monoisotopic (exact) mass is 317 g/mol. The van der Waals surface area contributed by atoms with Gasteiger partial charge in [0.05, 0.1) is 12.2 Å². The Morgan fingerprint density at radius 1 is 1.30 bits per heavy atom. The third kappa shape index (κ3) is 3.50. The average Bonchev–Trinajstić information content (AvgIpc) is 2.50. The van der Waals surface area contributed by atoms with Crippen LogP contribution in [0.4, 0.5) is 0 Å². The van der Waals surface area contributed by atoms with E-state index in [2.05, 4.69) is 10.6 Å². The van der Waals surface area contributed by atoms with Gasteiger partial charge >= 0.3 is 5.97 Å². The van der Waals surface area contributed by atoms with Crippen molar-refractivity contribution in [1.82, 2.24) is 10.6 Å². The highest BCUT2D eigenvalue weighted by molar-refractivity contribution is 5.99. The van der Waals surface area contributed by atoms with Crippen LogP contribution in [0, 0.1) is 0 Å². The van der Waals surface area contributed by atoms with Gasteiger partial charge in [0, 0.05) is 12.8 Å². The van der Waals surface area contributed by atoms with E-state index < -0.39 is 23.8 Å². The second kappa shape index (κ2) is 6.95. The summed E-state index contributed by atoms with van der Waals surface area (Å²) >= 11 is 0. The van der Waals surface area contributed by atoms with Crippen LogP contribution in [0.25, 0.3) is 0 Å². The molecule has 4 N–H and O–H groups in total. The number of hydrogen-bond acceptors (Lipinski definition) is 5. The molecular formula is C16H19N3O4. The molecule has 1 aliphatic heterocycles. The van der Waals surface area contributed by atoms with E-state index in [-0.39, 0.29) is 23.9 Å². The lowest BCUT2D eigenvalue weighted by Crippen LogP contribution is -2.55. The maximum Gasteiger partial charge on any atom is 0.338 e. The molecule has 2 unspecified atom stereocenters. The van der Waals surface area contributed by atoms with Crippen molar-refractivity contribution in [1.29, 1.82) is 0 Å². The van der Waals surface area contributed by atoms with Crippen LogP contribution < -0.4 is 16.4 Å². The second-order valence-corrected chi connectivity index (χ2v) is 5.10. The number of ether oxygens (including phenoxy) is 1. The Bertz CT molecular complexity index is 655. The quantitative estimate of drug-likeness (QED) is 0.684. The summed E-state index contributed by atoms with van der Waals surface area (Å²) < 4.78 is 5.05. The van der Waals surface area contributed by atoms with Gasteiger partial charge in [-0.15, -0.1) is 0 Å². The average molecular weight is 317 g/mol. The molecule has 122 valence electrons. The van der Waals surface area contributed by atoms with Crippen LogP contribution in [0.3, 0.4) is 0 Å². The number of benzene rings is 1. The number of nitrogens with two attached hydrogens (primary N) is 1. The number of hydrogen-bond donors (Lipinski definition) is 3. The van der Waals surface area contributed by atoms with Gasteiger partial charge in [-0.25, -0.2) is 4.79 Å². The molecule has 2 atom stereocenters. The number of rotatable bonds is 4. The summed E-state index contributed by atoms with van der Waals surface area (Å²) in [5.41, 5.74) is 6.68. The number of carbonyl (C=O) groups is 3. The topological polar surface area (TPSA) is 111 Å². The molecule has 0 aromatic heterocycles. The van der Waals surface area contributed by atoms with Gasteiger partial charge in [0.1, 0.15) is 11.9 Å². The molecule has 0 fully saturated rings. The third-order valence-electron chi connectivity index (χ3n) is 3.49. The first-order valence-corrected chi connectivity index (χ1v) is 7.25. The van der Waals surface area contributed by atoms with Crippen molar-refractivity contribution in [2.45, 2.75) is 25.8 Å². The number of amides is 2. The van der Waals surface area contributed by atoms with E-state index in [4.69, 9.17) is 10.5 Å². The molecule has 23 heavy (non-hydrogen) atoms. The van der Waals surface area contributed by atoms with Crippen molar-refractivity contribution in [3.8, 4) is 0 Å². The lowest BCUT2D eigenvalue weighted by molar-refractivity contribution is -0.139. The van der Waals surface area contributed by atoms with Crippen LogP contribution in [0.5, 0.6) is 0 Å². The van der Waals surface area contributed by atoms with E-state index in [0.29, 0.717) is 5.56 Å². The Balaban J connectivity index is 2.55. The number of esters is 1. The predicted octanol–water partition coefficient (Wildman–Crippen LogP) is 0.138. The predicted molar refractivity (Wildman–Crippen MR) is 82.8 cm³/mol. The van der Waals surface area contributed by atoms with E-state index in [0.717, 1.165) is 0 Å². The van der Waals surface area contributed by atoms with Gasteiger partial charge in [0.15, 0.2) is 0 Å². The highest BCUT2D eigenvalue weighted by Gasteiger charge is 2.42. The van der Waals surface area contributed by atoms with Crippen molar-refractivity contribution < 1.29 is 19.1 Å². The Kier molecular flexibility index (Phi) is 5.00. The summed E-state index contributed by atoms with van der Waals surface area (Å²) in [4.78, 5) is 36.0. The number of nitrogens with one attached hydrogen (secondary N) is 2. The van der Waals surface area contributed by atoms with Crippen molar-refractivity contribution >= 4 is 17.8 Å². The SMILES string of the molecule is CCOC(=O)C1=C(N)NC(=O)C(NC(C)=O)C1c1ccccc1. The fraction of sp³-hybridized carbons (Fsp3) is 0.312. The zero-order chi connectivity index (χ0) is 17.0. The minimum atomic E-state index is -0.943. The molecule has 1 aromatic rings. The minimum absolute atomic E-state index is 0.0519. The van der Waals surface area contributed by atoms with Gasteiger partial charge in [-0.05, 0) is 12.5 Å². The van der Waals surface area contributed by atoms with Gasteiger partial charge in [0.25, 0.3) is 0 Å². The first-order valence-electron chi connectivity index (χ1n) is 7.25. The normalized spacial score (nSPS) is 20.7. The molecule has 0 bridgehead atoms. The summed E-state index contributed by atoms with van der Waals surface area (Å²) in [5.74, 6) is -2.24. The van der Waals surface area contributed by atoms with Gasteiger partial charge < -0.3 is 21.1 Å². The van der Waals surface area contributed by atoms with E-state index >= 15 is 0 Å². The zero-order valence-corrected chi connectivity index (χ0v) is 13.0. The molecule has 2 amide bonds. The molecule has 0 saturated heterocycles. The van der Waals surface area contributed by atoms with Crippen molar-refractivity contribution in [2.75, 3.05) is 6.61 Å². The van der Waals surface area contributed by atoms with Crippen LogP contribution in [0.15, 0.2) is 41.7 Å². The van der Waals surface area contributed by atoms with Crippen molar-refractivity contribution in [3.05, 3.63) is 47.3 Å². The summed E-state index contributed by atoms with van der Waals surface area (Å²) in [7, 11) is 0. The maximum atomic E-state index is 12.3. The van der Waals surface area contributed by atoms with Gasteiger partial charge in [-0.1, -0.05) is 30.3 Å². The van der Waals surface area contributed by atoms with Crippen LogP contribution in [0.1, 0.15) is 25.3 Å². The largest absolute Gasteiger partial charge is 0.463 e. The highest BCUT2D eigenvalue weighted by Crippen LogP contribution is 2.32. The summed E-state index contributed by atoms with van der Waals surface area (Å²) in [6.07, 6.45) is 0. The Hall–Kier alpha value is -2.83. The van der Waals surface area contributed by atoms with Crippen molar-refractivity contribution in [2.24, 2.45) is 5.73 Å². The first-order chi connectivity index (χ1) is 11.0. The Labute approximate surface area is 133 Å². The summed E-state index contributed by atoms with van der Waals surface area (Å²) in [5, 5.41) is 5.01. The van der Waals surface area contributed by atoms with Gasteiger partial charge in [-0.2, -0.15) is 0 Å². The minimum Gasteiger partial charge on any atom is -0.463 e. The number of carbonyl (C=O) groups excluding carboxylic acids is 3. The molecule has 0 aliphatic carbocycles. The molecular weight excluding hydrogens is 298 g/mol. The fourth-order valence-corrected chi connectivity index (χ4v) is 2.60. The molecule has 7 heteroatoms. The van der Waals surface area contributed by atoms with Crippen molar-refractivity contribution in [3.63, 3.8) is 0 Å². The smallest absolute Gasteiger partial charge is 0.338 e. The van der Waals surface area contributed by atoms with Gasteiger partial charge in [0.2, 0.25) is 11.8 Å². The van der Waals surface area contributed by atoms with Crippen LogP contribution in [-0.2, 0) is 19.1 Å². The summed E-state index contributed by atoms with van der Waals surface area (Å²) in [6.45, 7) is 3.16. The first kappa shape index (κ1) is 16.5. The molecule has 1 aliphatic rings. The third-order valence-corrected chi connectivity index (χ3v) is 3.49. The second-order valence-electron chi connectivity index (χ2n) is 5.10. The molecule has 1 heterocycles. The van der Waals surface area contributed by atoms with E-state index in [9.17, 15) is 14.4 Å². The molecule has 0 saturated carbocycles. The van der Waals surface area contributed by atoms with Crippen LogP contribution in [0.2, 0.25) is 0 Å². The lowest BCUT2D eigenvalue weighted by atomic mass is 9.82. The zero-order valence-electron chi connectivity index (χ0n) is 13.0. The highest BCUT2D eigenvalue weighted by atomic mass is 16.5. The van der Waals surface area contributed by atoms with Gasteiger partial charge in [-0.3, -0.25) is 9.59 Å². The van der Waals surface area contributed by atoms with Crippen LogP contribution >= 0.6 is 0 Å². The molecule has 0 spiro atoms. The molecule has 1 aromatic carbocycles. The van der Waals surface area contributed by atoms with Crippen LogP contribution in [-0.4, -0.2) is 30.4 Å².